The average molecular weight is 343 g/mol. The maximum absolute atomic E-state index is 12.6. The SMILES string of the molecule is CC(=O)c1ccccc1NC(=O)Cc1coc2ccc3ccccc3c12. The topological polar surface area (TPSA) is 59.3 Å². The number of benzene rings is 3. The number of fused-ring (bicyclic) bond motifs is 3. The van der Waals surface area contributed by atoms with Crippen LogP contribution >= 0.6 is 0 Å². The maximum Gasteiger partial charge on any atom is 0.228 e. The van der Waals surface area contributed by atoms with Gasteiger partial charge in [-0.3, -0.25) is 9.59 Å². The van der Waals surface area contributed by atoms with E-state index in [4.69, 9.17) is 4.42 Å². The Hall–Kier alpha value is -3.40. The van der Waals surface area contributed by atoms with Crippen LogP contribution in [0.5, 0.6) is 0 Å². The van der Waals surface area contributed by atoms with E-state index in [0.717, 1.165) is 27.3 Å². The third kappa shape index (κ3) is 2.86. The van der Waals surface area contributed by atoms with Crippen molar-refractivity contribution in [1.29, 1.82) is 0 Å². The summed E-state index contributed by atoms with van der Waals surface area (Å²) < 4.78 is 5.64. The van der Waals surface area contributed by atoms with Gasteiger partial charge >= 0.3 is 0 Å². The fourth-order valence-corrected chi connectivity index (χ4v) is 3.27. The van der Waals surface area contributed by atoms with Gasteiger partial charge in [-0.15, -0.1) is 0 Å². The van der Waals surface area contributed by atoms with Crippen LogP contribution in [-0.4, -0.2) is 11.7 Å². The Bertz CT molecular complexity index is 1140. The summed E-state index contributed by atoms with van der Waals surface area (Å²) in [6, 6.07) is 19.0. The molecule has 26 heavy (non-hydrogen) atoms. The number of rotatable bonds is 4. The molecule has 0 aliphatic rings. The molecule has 4 heteroatoms. The summed E-state index contributed by atoms with van der Waals surface area (Å²) in [4.78, 5) is 24.3. The number of carbonyl (C=O) groups is 2. The summed E-state index contributed by atoms with van der Waals surface area (Å²) in [6.07, 6.45) is 1.81. The number of para-hydroxylation sites is 1. The van der Waals surface area contributed by atoms with E-state index in [-0.39, 0.29) is 18.1 Å². The van der Waals surface area contributed by atoms with Crippen molar-refractivity contribution in [1.82, 2.24) is 0 Å². The van der Waals surface area contributed by atoms with E-state index in [2.05, 4.69) is 5.32 Å². The van der Waals surface area contributed by atoms with Crippen LogP contribution in [-0.2, 0) is 11.2 Å². The first-order chi connectivity index (χ1) is 12.6. The molecule has 128 valence electrons. The summed E-state index contributed by atoms with van der Waals surface area (Å²) in [6.45, 7) is 1.49. The Morgan fingerprint density at radius 1 is 0.962 bits per heavy atom. The van der Waals surface area contributed by atoms with Crippen LogP contribution in [0.2, 0.25) is 0 Å². The number of furan rings is 1. The lowest BCUT2D eigenvalue weighted by molar-refractivity contribution is -0.115. The normalized spacial score (nSPS) is 11.0. The predicted octanol–water partition coefficient (Wildman–Crippen LogP) is 4.97. The molecular weight excluding hydrogens is 326 g/mol. The molecule has 0 radical (unpaired) electrons. The number of carbonyl (C=O) groups excluding carboxylic acids is 2. The molecule has 1 N–H and O–H groups in total. The minimum absolute atomic E-state index is 0.0827. The van der Waals surface area contributed by atoms with Crippen LogP contribution in [0, 0.1) is 0 Å². The van der Waals surface area contributed by atoms with Gasteiger partial charge in [0.1, 0.15) is 5.58 Å². The van der Waals surface area contributed by atoms with Crippen molar-refractivity contribution >= 4 is 39.1 Å². The number of amides is 1. The van der Waals surface area contributed by atoms with Crippen molar-refractivity contribution in [3.63, 3.8) is 0 Å². The molecule has 0 spiro atoms. The number of hydrogen-bond acceptors (Lipinski definition) is 3. The summed E-state index contributed by atoms with van der Waals surface area (Å²) >= 11 is 0. The molecule has 3 aromatic carbocycles. The Morgan fingerprint density at radius 2 is 1.73 bits per heavy atom. The molecule has 0 aliphatic carbocycles. The Kier molecular flexibility index (Phi) is 4.01. The smallest absolute Gasteiger partial charge is 0.228 e. The van der Waals surface area contributed by atoms with Gasteiger partial charge in [-0.25, -0.2) is 0 Å². The third-order valence-electron chi connectivity index (χ3n) is 4.47. The number of anilines is 1. The molecule has 0 aliphatic heterocycles. The minimum Gasteiger partial charge on any atom is -0.464 e. The monoisotopic (exact) mass is 343 g/mol. The van der Waals surface area contributed by atoms with E-state index in [0.29, 0.717) is 11.3 Å². The molecule has 1 aromatic heterocycles. The molecule has 0 atom stereocenters. The summed E-state index contributed by atoms with van der Waals surface area (Å²) in [5, 5.41) is 5.96. The number of nitrogens with one attached hydrogen (secondary N) is 1. The molecule has 4 nitrogen and oxygen atoms in total. The molecule has 4 aromatic rings. The van der Waals surface area contributed by atoms with Crippen molar-refractivity contribution in [2.45, 2.75) is 13.3 Å². The molecule has 0 unspecified atom stereocenters. The van der Waals surface area contributed by atoms with Crippen molar-refractivity contribution in [3.05, 3.63) is 78.1 Å². The average Bonchev–Trinajstić information content (AvgIpc) is 3.05. The van der Waals surface area contributed by atoms with Crippen molar-refractivity contribution in [3.8, 4) is 0 Å². The lowest BCUT2D eigenvalue weighted by Crippen LogP contribution is -2.16. The van der Waals surface area contributed by atoms with Gasteiger partial charge in [0.25, 0.3) is 0 Å². The predicted molar refractivity (Wildman–Crippen MR) is 103 cm³/mol. The van der Waals surface area contributed by atoms with Gasteiger partial charge in [-0.1, -0.05) is 42.5 Å². The zero-order valence-electron chi connectivity index (χ0n) is 14.3. The second kappa shape index (κ2) is 6.48. The lowest BCUT2D eigenvalue weighted by Gasteiger charge is -2.09. The van der Waals surface area contributed by atoms with Crippen molar-refractivity contribution in [2.24, 2.45) is 0 Å². The van der Waals surface area contributed by atoms with Crippen LogP contribution < -0.4 is 5.32 Å². The lowest BCUT2D eigenvalue weighted by atomic mass is 10.0. The molecule has 1 amide bonds. The highest BCUT2D eigenvalue weighted by Gasteiger charge is 2.15. The molecule has 0 bridgehead atoms. The Balaban J connectivity index is 1.67. The van der Waals surface area contributed by atoms with Crippen LogP contribution in [0.1, 0.15) is 22.8 Å². The number of hydrogen-bond donors (Lipinski definition) is 1. The highest BCUT2D eigenvalue weighted by Crippen LogP contribution is 2.30. The van der Waals surface area contributed by atoms with Crippen LogP contribution in [0.4, 0.5) is 5.69 Å². The van der Waals surface area contributed by atoms with Crippen molar-refractivity contribution in [2.75, 3.05) is 5.32 Å². The van der Waals surface area contributed by atoms with E-state index in [1.807, 2.05) is 36.4 Å². The fourth-order valence-electron chi connectivity index (χ4n) is 3.27. The second-order valence-corrected chi connectivity index (χ2v) is 6.25. The van der Waals surface area contributed by atoms with Gasteiger partial charge in [0, 0.05) is 16.5 Å². The van der Waals surface area contributed by atoms with Crippen LogP contribution in [0.15, 0.2) is 71.3 Å². The van der Waals surface area contributed by atoms with Crippen LogP contribution in [0.3, 0.4) is 0 Å². The van der Waals surface area contributed by atoms with Crippen LogP contribution in [0.25, 0.3) is 21.7 Å². The summed E-state index contributed by atoms with van der Waals surface area (Å²) in [7, 11) is 0. The van der Waals surface area contributed by atoms with E-state index < -0.39 is 0 Å². The third-order valence-corrected chi connectivity index (χ3v) is 4.47. The fraction of sp³-hybridized carbons (Fsp3) is 0.0909. The number of Topliss-reactive ketones (excluding diaryl/α,β-unsaturated/α-hetero) is 1. The number of ketones is 1. The van der Waals surface area contributed by atoms with Crippen molar-refractivity contribution < 1.29 is 14.0 Å². The first kappa shape index (κ1) is 16.1. The largest absolute Gasteiger partial charge is 0.464 e. The van der Waals surface area contributed by atoms with Gasteiger partial charge in [0.15, 0.2) is 5.78 Å². The van der Waals surface area contributed by atoms with Gasteiger partial charge in [-0.05, 0) is 35.9 Å². The standard InChI is InChI=1S/C22H17NO3/c1-14(24)17-7-4-5-9-19(17)23-21(25)12-16-13-26-20-11-10-15-6-2-3-8-18(15)22(16)20/h2-11,13H,12H2,1H3,(H,23,25). The van der Waals surface area contributed by atoms with Gasteiger partial charge in [-0.2, -0.15) is 0 Å². The molecule has 4 rings (SSSR count). The summed E-state index contributed by atoms with van der Waals surface area (Å²) in [5.74, 6) is -0.269. The highest BCUT2D eigenvalue weighted by atomic mass is 16.3. The summed E-state index contributed by atoms with van der Waals surface area (Å²) in [5.41, 5.74) is 2.62. The second-order valence-electron chi connectivity index (χ2n) is 6.25. The van der Waals surface area contributed by atoms with E-state index in [1.54, 1.807) is 30.5 Å². The van der Waals surface area contributed by atoms with Gasteiger partial charge < -0.3 is 9.73 Å². The highest BCUT2D eigenvalue weighted by molar-refractivity contribution is 6.09. The quantitative estimate of drug-likeness (QED) is 0.532. The first-order valence-corrected chi connectivity index (χ1v) is 8.41. The molecule has 0 saturated heterocycles. The molecule has 0 saturated carbocycles. The van der Waals surface area contributed by atoms with E-state index >= 15 is 0 Å². The van der Waals surface area contributed by atoms with Gasteiger partial charge in [0.2, 0.25) is 5.91 Å². The minimum atomic E-state index is -0.186. The van der Waals surface area contributed by atoms with Gasteiger partial charge in [0.05, 0.1) is 18.4 Å². The zero-order valence-corrected chi connectivity index (χ0v) is 14.3. The zero-order chi connectivity index (χ0) is 18.1. The first-order valence-electron chi connectivity index (χ1n) is 8.41. The molecule has 1 heterocycles. The van der Waals surface area contributed by atoms with E-state index in [1.165, 1.54) is 6.92 Å². The molecule has 0 fully saturated rings. The van der Waals surface area contributed by atoms with E-state index in [9.17, 15) is 9.59 Å². The maximum atomic E-state index is 12.6. The Labute approximate surface area is 150 Å². The molecular formula is C22H17NO3. The Morgan fingerprint density at radius 3 is 2.58 bits per heavy atom.